The monoisotopic (exact) mass is 727 g/mol. The number of aryl methyl sites for hydroxylation is 1. The van der Waals surface area contributed by atoms with Crippen molar-refractivity contribution in [3.63, 3.8) is 0 Å². The van der Waals surface area contributed by atoms with Crippen LogP contribution >= 0.6 is 0 Å². The van der Waals surface area contributed by atoms with E-state index >= 15 is 0 Å². The number of aromatic nitrogens is 1. The molecule has 0 bridgehead atoms. The van der Waals surface area contributed by atoms with E-state index in [2.05, 4.69) is 157 Å². The Labute approximate surface area is 328 Å². The van der Waals surface area contributed by atoms with Crippen LogP contribution in [0.25, 0.3) is 60.5 Å². The maximum absolute atomic E-state index is 14.8. The first-order chi connectivity index (χ1) is 25.3. The molecule has 0 aliphatic heterocycles. The molecule has 0 amide bonds. The van der Waals surface area contributed by atoms with Crippen LogP contribution < -0.4 is 0 Å². The lowest BCUT2D eigenvalue weighted by Crippen LogP contribution is -2.23. The molecule has 1 aromatic heterocycles. The minimum absolute atomic E-state index is 0.0378. The lowest BCUT2D eigenvalue weighted by atomic mass is 9.77. The molecular weight excluding hydrogens is 671 g/mol. The SMILES string of the molecule is C=C(C)C1=C(/C(C)=C2\C(=O)C(c3[nH]c(C)c4c3-c3cc(C(C)(C)C)cc5cc(C(C)(C)C)cc-4c35)=C2O)c2cc(C(C)(C)C)cc3cc(C(C)(C)C)cc1c23. The van der Waals surface area contributed by atoms with Crippen LogP contribution in [0.2, 0.25) is 0 Å². The van der Waals surface area contributed by atoms with Crippen molar-refractivity contribution >= 4 is 44.0 Å². The van der Waals surface area contributed by atoms with E-state index in [4.69, 9.17) is 0 Å². The number of hydrogen-bond acceptors (Lipinski definition) is 2. The summed E-state index contributed by atoms with van der Waals surface area (Å²) in [6, 6.07) is 18.7. The molecule has 0 saturated carbocycles. The van der Waals surface area contributed by atoms with E-state index in [1.807, 2.05) is 6.92 Å². The number of carbonyl (C=O) groups is 1. The highest BCUT2D eigenvalue weighted by atomic mass is 16.3. The number of aliphatic hydroxyl groups excluding tert-OH is 1. The second-order valence-corrected chi connectivity index (χ2v) is 20.7. The number of rotatable bonds is 3. The van der Waals surface area contributed by atoms with E-state index < -0.39 is 0 Å². The molecule has 3 aliphatic rings. The molecule has 0 radical (unpaired) electrons. The highest BCUT2D eigenvalue weighted by Gasteiger charge is 2.43. The average Bonchev–Trinajstić information content (AvgIpc) is 3.68. The fourth-order valence-electron chi connectivity index (χ4n) is 9.18. The molecule has 3 nitrogen and oxygen atoms in total. The third-order valence-corrected chi connectivity index (χ3v) is 12.4. The molecule has 0 fully saturated rings. The van der Waals surface area contributed by atoms with Crippen molar-refractivity contribution in [1.29, 1.82) is 0 Å². The first-order valence-electron chi connectivity index (χ1n) is 19.9. The van der Waals surface area contributed by atoms with Crippen LogP contribution in [0.3, 0.4) is 0 Å². The number of ketones is 1. The lowest BCUT2D eigenvalue weighted by molar-refractivity contribution is -0.111. The van der Waals surface area contributed by atoms with Gasteiger partial charge in [0.05, 0.1) is 16.8 Å². The van der Waals surface area contributed by atoms with Crippen molar-refractivity contribution in [2.24, 2.45) is 0 Å². The minimum atomic E-state index is -0.128. The van der Waals surface area contributed by atoms with Gasteiger partial charge in [-0.05, 0) is 155 Å². The minimum Gasteiger partial charge on any atom is -0.506 e. The number of nitrogens with one attached hydrogen (secondary N) is 1. The zero-order chi connectivity index (χ0) is 40.2. The van der Waals surface area contributed by atoms with Gasteiger partial charge in [0.25, 0.3) is 0 Å². The maximum Gasteiger partial charge on any atom is 0.202 e. The molecule has 282 valence electrons. The number of allylic oxidation sites excluding steroid dienone is 6. The summed E-state index contributed by atoms with van der Waals surface area (Å²) in [5, 5.41) is 17.1. The number of Topliss-reactive ketones (excluding diaryl/α,β-unsaturated/α-hetero) is 1. The van der Waals surface area contributed by atoms with Crippen LogP contribution in [0.5, 0.6) is 0 Å². The zero-order valence-corrected chi connectivity index (χ0v) is 35.7. The van der Waals surface area contributed by atoms with E-state index in [0.717, 1.165) is 55.8 Å². The predicted molar refractivity (Wildman–Crippen MR) is 235 cm³/mol. The Kier molecular flexibility index (Phi) is 7.64. The summed E-state index contributed by atoms with van der Waals surface area (Å²) in [5.74, 6) is -0.0686. The average molecular weight is 728 g/mol. The summed E-state index contributed by atoms with van der Waals surface area (Å²) in [6.07, 6.45) is 0. The fourth-order valence-corrected chi connectivity index (χ4v) is 9.18. The van der Waals surface area contributed by atoms with E-state index in [-0.39, 0.29) is 33.2 Å². The quantitative estimate of drug-likeness (QED) is 0.178. The number of aromatic amines is 1. The number of fused-ring (bicyclic) bond motifs is 3. The van der Waals surface area contributed by atoms with Crippen molar-refractivity contribution in [1.82, 2.24) is 4.98 Å². The van der Waals surface area contributed by atoms with Crippen LogP contribution in [0, 0.1) is 6.92 Å². The van der Waals surface area contributed by atoms with Crippen LogP contribution in [-0.4, -0.2) is 15.9 Å². The molecule has 0 saturated heterocycles. The maximum atomic E-state index is 14.8. The molecule has 2 N–H and O–H groups in total. The van der Waals surface area contributed by atoms with Gasteiger partial charge in [0.1, 0.15) is 5.76 Å². The summed E-state index contributed by atoms with van der Waals surface area (Å²) >= 11 is 0. The highest BCUT2D eigenvalue weighted by Crippen LogP contribution is 2.57. The third kappa shape index (κ3) is 5.32. The number of aliphatic hydroxyl groups is 1. The summed E-state index contributed by atoms with van der Waals surface area (Å²) < 4.78 is 0. The third-order valence-electron chi connectivity index (χ3n) is 12.4. The molecular formula is C52H57NO2. The largest absolute Gasteiger partial charge is 0.506 e. The summed E-state index contributed by atoms with van der Waals surface area (Å²) in [6.45, 7) is 37.7. The molecule has 4 aromatic carbocycles. The molecule has 5 aromatic rings. The second kappa shape index (κ2) is 11.3. The van der Waals surface area contributed by atoms with Gasteiger partial charge in [-0.3, -0.25) is 4.79 Å². The van der Waals surface area contributed by atoms with Gasteiger partial charge in [0, 0.05) is 16.8 Å². The fraction of sp³-hybridized carbons (Fsp3) is 0.365. The Balaban J connectivity index is 1.37. The van der Waals surface area contributed by atoms with Gasteiger partial charge >= 0.3 is 0 Å². The summed E-state index contributed by atoms with van der Waals surface area (Å²) in [5.41, 5.74) is 17.8. The van der Waals surface area contributed by atoms with Crippen LogP contribution in [0.15, 0.2) is 77.6 Å². The van der Waals surface area contributed by atoms with Crippen LogP contribution in [0.1, 0.15) is 142 Å². The molecule has 8 rings (SSSR count). The van der Waals surface area contributed by atoms with Gasteiger partial charge in [-0.2, -0.15) is 0 Å². The first-order valence-corrected chi connectivity index (χ1v) is 19.9. The van der Waals surface area contributed by atoms with Gasteiger partial charge in [0.2, 0.25) is 5.78 Å². The lowest BCUT2D eigenvalue weighted by Gasteiger charge is -2.26. The van der Waals surface area contributed by atoms with Gasteiger partial charge in [-0.1, -0.05) is 114 Å². The molecule has 1 heterocycles. The van der Waals surface area contributed by atoms with Crippen molar-refractivity contribution < 1.29 is 9.90 Å². The normalized spacial score (nSPS) is 16.5. The smallest absolute Gasteiger partial charge is 0.202 e. The van der Waals surface area contributed by atoms with Gasteiger partial charge in [0.15, 0.2) is 0 Å². The van der Waals surface area contributed by atoms with Crippen molar-refractivity contribution in [2.75, 3.05) is 0 Å². The molecule has 55 heavy (non-hydrogen) atoms. The van der Waals surface area contributed by atoms with E-state index in [9.17, 15) is 9.90 Å². The number of carbonyl (C=O) groups excluding carboxylic acids is 1. The number of H-pyrrole nitrogens is 1. The second-order valence-electron chi connectivity index (χ2n) is 20.7. The summed E-state index contributed by atoms with van der Waals surface area (Å²) in [4.78, 5) is 18.4. The van der Waals surface area contributed by atoms with E-state index in [0.29, 0.717) is 16.8 Å². The van der Waals surface area contributed by atoms with Gasteiger partial charge < -0.3 is 10.1 Å². The Morgan fingerprint density at radius 2 is 0.964 bits per heavy atom. The van der Waals surface area contributed by atoms with Crippen molar-refractivity contribution in [2.45, 2.75) is 126 Å². The van der Waals surface area contributed by atoms with E-state index in [1.54, 1.807) is 0 Å². The number of benzene rings is 4. The van der Waals surface area contributed by atoms with Crippen molar-refractivity contribution in [3.05, 3.63) is 122 Å². The zero-order valence-electron chi connectivity index (χ0n) is 35.7. The molecule has 3 heteroatoms. The van der Waals surface area contributed by atoms with Crippen molar-refractivity contribution in [3.8, 4) is 22.3 Å². The Morgan fingerprint density at radius 1 is 0.582 bits per heavy atom. The first kappa shape index (κ1) is 37.1. The van der Waals surface area contributed by atoms with Gasteiger partial charge in [-0.15, -0.1) is 0 Å². The Hall–Kier alpha value is -4.89. The Bertz CT molecular complexity index is 2710. The highest BCUT2D eigenvalue weighted by molar-refractivity contribution is 6.41. The topological polar surface area (TPSA) is 53.1 Å². The van der Waals surface area contributed by atoms with Crippen LogP contribution in [0.4, 0.5) is 0 Å². The molecule has 3 aliphatic carbocycles. The summed E-state index contributed by atoms with van der Waals surface area (Å²) in [7, 11) is 0. The van der Waals surface area contributed by atoms with Gasteiger partial charge in [-0.25, -0.2) is 0 Å². The molecule has 0 unspecified atom stereocenters. The Morgan fingerprint density at radius 3 is 1.36 bits per heavy atom. The van der Waals surface area contributed by atoms with Crippen LogP contribution in [-0.2, 0) is 26.5 Å². The molecule has 0 atom stereocenters. The van der Waals surface area contributed by atoms with E-state index in [1.165, 1.54) is 49.4 Å². The molecule has 0 spiro atoms. The predicted octanol–water partition coefficient (Wildman–Crippen LogP) is 14.1. The number of hydrogen-bond donors (Lipinski definition) is 2. The standard InChI is InChI=1S/C52H57NO2/c1-25(2)38-34-21-30(49(5,6)7)17-28-18-31(50(8,9)10)22-35(42(28)34)39(38)26(3)40-47(54)45(48(40)55)46-44-37-24-33(52(14,15)16)20-29-19-32(51(11,12)13)23-36(43(29)37)41(44)27(4)53-46/h17-24,53-54H,1H2,2-16H3/b40-26-.